The van der Waals surface area contributed by atoms with Gasteiger partial charge in [-0.3, -0.25) is 9.97 Å². The summed E-state index contributed by atoms with van der Waals surface area (Å²) in [5.74, 6) is -1.42. The van der Waals surface area contributed by atoms with Gasteiger partial charge in [-0.25, -0.2) is 8.78 Å². The van der Waals surface area contributed by atoms with Crippen molar-refractivity contribution in [3.63, 3.8) is 0 Å². The molecule has 0 bridgehead atoms. The van der Waals surface area contributed by atoms with E-state index >= 15 is 8.78 Å². The van der Waals surface area contributed by atoms with Crippen LogP contribution in [-0.2, 0) is 0 Å². The Labute approximate surface area is 378 Å². The summed E-state index contributed by atoms with van der Waals surface area (Å²) in [5, 5.41) is 15.6. The van der Waals surface area contributed by atoms with Crippen molar-refractivity contribution in [2.24, 2.45) is 0 Å². The molecule has 12 rings (SSSR count). The van der Waals surface area contributed by atoms with Crippen LogP contribution in [0.2, 0.25) is 0 Å². The van der Waals surface area contributed by atoms with E-state index in [9.17, 15) is 5.26 Å². The Kier molecular flexibility index (Phi) is 9.18. The molecule has 66 heavy (non-hydrogen) atoms. The molecule has 0 atom stereocenters. The molecule has 0 spiro atoms. The van der Waals surface area contributed by atoms with Crippen molar-refractivity contribution >= 4 is 43.6 Å². The monoisotopic (exact) mass is 851 g/mol. The lowest BCUT2D eigenvalue weighted by Crippen LogP contribution is -2.06. The zero-order chi connectivity index (χ0) is 44.3. The first kappa shape index (κ1) is 38.7. The molecule has 310 valence electrons. The second kappa shape index (κ2) is 15.7. The Morgan fingerprint density at radius 2 is 0.848 bits per heavy atom. The number of fused-ring (bicyclic) bond motifs is 6. The molecule has 0 aliphatic heterocycles. The van der Waals surface area contributed by atoms with E-state index in [1.54, 1.807) is 0 Å². The summed E-state index contributed by atoms with van der Waals surface area (Å²) in [7, 11) is 0. The number of halogens is 2. The Hall–Kier alpha value is -8.99. The van der Waals surface area contributed by atoms with E-state index in [0.717, 1.165) is 94.4 Å². The van der Waals surface area contributed by atoms with Crippen molar-refractivity contribution < 1.29 is 8.78 Å². The van der Waals surface area contributed by atoms with Gasteiger partial charge in [0.25, 0.3) is 0 Å². The summed E-state index contributed by atoms with van der Waals surface area (Å²) in [6.45, 7) is 0. The predicted molar refractivity (Wildman–Crippen MR) is 263 cm³/mol. The summed E-state index contributed by atoms with van der Waals surface area (Å²) in [5.41, 5.74) is 13.3. The Morgan fingerprint density at radius 1 is 0.379 bits per heavy atom. The van der Waals surface area contributed by atoms with Crippen LogP contribution in [0.4, 0.5) is 8.78 Å². The number of pyridine rings is 2. The van der Waals surface area contributed by atoms with Crippen molar-refractivity contribution in [1.29, 1.82) is 5.26 Å². The lowest BCUT2D eigenvalue weighted by atomic mass is 9.97. The van der Waals surface area contributed by atoms with Crippen molar-refractivity contribution in [2.45, 2.75) is 0 Å². The van der Waals surface area contributed by atoms with Crippen LogP contribution in [0.25, 0.3) is 111 Å². The molecule has 0 aliphatic carbocycles. The van der Waals surface area contributed by atoms with Crippen LogP contribution in [0, 0.1) is 23.0 Å². The molecule has 0 aliphatic rings. The molecule has 0 saturated heterocycles. The molecular formula is C59H35F2N5. The van der Waals surface area contributed by atoms with E-state index in [4.69, 9.17) is 9.97 Å². The lowest BCUT2D eigenvalue weighted by molar-refractivity contribution is 0.584. The Morgan fingerprint density at radius 3 is 1.36 bits per heavy atom. The van der Waals surface area contributed by atoms with Gasteiger partial charge in [0, 0.05) is 67.8 Å². The lowest BCUT2D eigenvalue weighted by Gasteiger charge is -2.20. The molecule has 0 unspecified atom stereocenters. The van der Waals surface area contributed by atoms with Gasteiger partial charge in [0.15, 0.2) is 0 Å². The van der Waals surface area contributed by atoms with Crippen LogP contribution in [0.1, 0.15) is 5.56 Å². The maximum Gasteiger partial charge on any atom is 0.126 e. The molecule has 0 fully saturated rings. The number of nitriles is 1. The quantitative estimate of drug-likeness (QED) is 0.160. The molecule has 4 aromatic heterocycles. The molecule has 0 N–H and O–H groups in total. The highest BCUT2D eigenvalue weighted by Crippen LogP contribution is 2.43. The second-order valence-electron chi connectivity index (χ2n) is 16.4. The van der Waals surface area contributed by atoms with E-state index < -0.39 is 11.6 Å². The van der Waals surface area contributed by atoms with E-state index in [1.807, 2.05) is 128 Å². The fraction of sp³-hybridized carbons (Fsp3) is 0. The van der Waals surface area contributed by atoms with Crippen LogP contribution in [-0.4, -0.2) is 19.1 Å². The van der Waals surface area contributed by atoms with Crippen LogP contribution < -0.4 is 0 Å². The number of para-hydroxylation sites is 2. The third kappa shape index (κ3) is 6.43. The number of aromatic nitrogens is 4. The summed E-state index contributed by atoms with van der Waals surface area (Å²) in [6, 6.07) is 67.2. The smallest absolute Gasteiger partial charge is 0.126 e. The average Bonchev–Trinajstić information content (AvgIpc) is 3.88. The molecule has 12 aromatic rings. The second-order valence-corrected chi connectivity index (χ2v) is 16.4. The fourth-order valence-corrected chi connectivity index (χ4v) is 9.54. The van der Waals surface area contributed by atoms with Gasteiger partial charge in [-0.15, -0.1) is 0 Å². The number of benzene rings is 8. The van der Waals surface area contributed by atoms with Crippen molar-refractivity contribution in [3.8, 4) is 73.3 Å². The van der Waals surface area contributed by atoms with E-state index in [1.165, 1.54) is 12.1 Å². The number of hydrogen-bond donors (Lipinski definition) is 0. The molecular weight excluding hydrogens is 817 g/mol. The zero-order valence-electron chi connectivity index (χ0n) is 35.2. The minimum absolute atomic E-state index is 0.310. The van der Waals surface area contributed by atoms with Crippen LogP contribution in [0.5, 0.6) is 0 Å². The molecule has 0 amide bonds. The van der Waals surface area contributed by atoms with Gasteiger partial charge in [-0.2, -0.15) is 5.26 Å². The highest BCUT2D eigenvalue weighted by Gasteiger charge is 2.25. The molecule has 5 nitrogen and oxygen atoms in total. The molecule has 4 heterocycles. The van der Waals surface area contributed by atoms with Gasteiger partial charge in [0.2, 0.25) is 0 Å². The topological polar surface area (TPSA) is 59.4 Å². The highest BCUT2D eigenvalue weighted by atomic mass is 19.1. The van der Waals surface area contributed by atoms with Crippen molar-refractivity contribution in [1.82, 2.24) is 19.1 Å². The maximum absolute atomic E-state index is 15.3. The molecule has 0 radical (unpaired) electrons. The fourth-order valence-electron chi connectivity index (χ4n) is 9.54. The first-order valence-electron chi connectivity index (χ1n) is 21.7. The van der Waals surface area contributed by atoms with Gasteiger partial charge in [-0.05, 0) is 71.3 Å². The minimum Gasteiger partial charge on any atom is -0.308 e. The van der Waals surface area contributed by atoms with Gasteiger partial charge in [-0.1, -0.05) is 140 Å². The first-order chi connectivity index (χ1) is 32.5. The van der Waals surface area contributed by atoms with Gasteiger partial charge in [0.05, 0.1) is 44.8 Å². The standard InChI is InChI=1S/C59H35F2N5/c60-44-29-43(30-45(61)33-44)46-25-28-56(65-54-17-9-7-15-47(54)49-23-19-39(31-57(49)65)41-21-26-52(63-35-41)37-11-3-1-4-12-37)51(34-62)59(46)66-55-18-10-8-16-48(55)50-24-20-40(32-58(50)66)42-22-27-53(64-36-42)38-13-5-2-6-14-38/h1-33,35-36H. The molecule has 7 heteroatoms. The van der Waals surface area contributed by atoms with E-state index in [-0.39, 0.29) is 0 Å². The van der Waals surface area contributed by atoms with Crippen molar-refractivity contribution in [2.75, 3.05) is 0 Å². The maximum atomic E-state index is 15.3. The van der Waals surface area contributed by atoms with E-state index in [0.29, 0.717) is 28.1 Å². The summed E-state index contributed by atoms with van der Waals surface area (Å²) >= 11 is 0. The number of hydrogen-bond acceptors (Lipinski definition) is 3. The normalized spacial score (nSPS) is 11.5. The zero-order valence-corrected chi connectivity index (χ0v) is 35.2. The van der Waals surface area contributed by atoms with Gasteiger partial charge in [0.1, 0.15) is 23.3 Å². The Bertz CT molecular complexity index is 3860. The highest BCUT2D eigenvalue weighted by molar-refractivity contribution is 6.12. The van der Waals surface area contributed by atoms with Crippen molar-refractivity contribution in [3.05, 3.63) is 230 Å². The molecule has 0 saturated carbocycles. The minimum atomic E-state index is -0.712. The first-order valence-corrected chi connectivity index (χ1v) is 21.7. The predicted octanol–water partition coefficient (Wildman–Crippen LogP) is 15.2. The summed E-state index contributed by atoms with van der Waals surface area (Å²) in [4.78, 5) is 9.66. The summed E-state index contributed by atoms with van der Waals surface area (Å²) < 4.78 is 34.7. The SMILES string of the molecule is N#Cc1c(-n2c3ccccc3c3ccc(-c4ccc(-c5ccccc5)nc4)cc32)ccc(-c2cc(F)cc(F)c2)c1-n1c2ccccc2c2ccc(-c3ccc(-c4ccccc4)nc3)cc21. The van der Waals surface area contributed by atoms with Crippen LogP contribution in [0.15, 0.2) is 213 Å². The van der Waals surface area contributed by atoms with Gasteiger partial charge < -0.3 is 9.13 Å². The number of rotatable bonds is 7. The van der Waals surface area contributed by atoms with Gasteiger partial charge >= 0.3 is 0 Å². The Balaban J connectivity index is 1.11. The van der Waals surface area contributed by atoms with Crippen LogP contribution in [0.3, 0.4) is 0 Å². The van der Waals surface area contributed by atoms with E-state index in [2.05, 4.69) is 81.9 Å². The third-order valence-electron chi connectivity index (χ3n) is 12.6. The van der Waals surface area contributed by atoms with Crippen LogP contribution >= 0.6 is 0 Å². The molecule has 8 aromatic carbocycles. The average molecular weight is 852 g/mol. The summed E-state index contributed by atoms with van der Waals surface area (Å²) in [6.07, 6.45) is 3.77. The number of nitrogens with zero attached hydrogens (tertiary/aromatic N) is 5. The third-order valence-corrected chi connectivity index (χ3v) is 12.6. The largest absolute Gasteiger partial charge is 0.308 e.